The van der Waals surface area contributed by atoms with Gasteiger partial charge in [-0.1, -0.05) is 6.92 Å². The van der Waals surface area contributed by atoms with Crippen molar-refractivity contribution in [2.45, 2.75) is 31.8 Å². The van der Waals surface area contributed by atoms with Gasteiger partial charge in [0.15, 0.2) is 5.82 Å². The molecule has 1 aromatic carbocycles. The van der Waals surface area contributed by atoms with Gasteiger partial charge in [0.25, 0.3) is 0 Å². The van der Waals surface area contributed by atoms with Gasteiger partial charge in [-0.2, -0.15) is 0 Å². The Balaban J connectivity index is 0.00000210. The van der Waals surface area contributed by atoms with Gasteiger partial charge >= 0.3 is 5.97 Å². The molecule has 2 heterocycles. The van der Waals surface area contributed by atoms with E-state index in [2.05, 4.69) is 0 Å². The average Bonchev–Trinajstić information content (AvgIpc) is 3.35. The van der Waals surface area contributed by atoms with Crippen molar-refractivity contribution in [1.29, 1.82) is 0 Å². The van der Waals surface area contributed by atoms with Crippen LogP contribution in [0.15, 0.2) is 17.1 Å². The van der Waals surface area contributed by atoms with Crippen molar-refractivity contribution in [2.24, 2.45) is 11.7 Å². The summed E-state index contributed by atoms with van der Waals surface area (Å²) in [4.78, 5) is 25.4. The highest BCUT2D eigenvalue weighted by Gasteiger charge is 2.34. The number of fused-ring (bicyclic) bond motifs is 1. The van der Waals surface area contributed by atoms with Crippen LogP contribution >= 0.6 is 12.4 Å². The molecule has 27 heavy (non-hydrogen) atoms. The second-order valence-corrected chi connectivity index (χ2v) is 7.28. The third-order valence-electron chi connectivity index (χ3n) is 5.34. The summed E-state index contributed by atoms with van der Waals surface area (Å²) in [5.41, 5.74) is 4.39. The first-order valence-electron chi connectivity index (χ1n) is 8.60. The molecular formula is C18H20ClF2N3O3. The largest absolute Gasteiger partial charge is 0.477 e. The molecule has 2 unspecified atom stereocenters. The highest BCUT2D eigenvalue weighted by molar-refractivity contribution is 5.94. The maximum atomic E-state index is 15.4. The van der Waals surface area contributed by atoms with Gasteiger partial charge in [-0.15, -0.1) is 12.4 Å². The number of pyridine rings is 1. The van der Waals surface area contributed by atoms with Crippen LogP contribution in [0.5, 0.6) is 0 Å². The van der Waals surface area contributed by atoms with Crippen LogP contribution in [-0.4, -0.2) is 34.8 Å². The van der Waals surface area contributed by atoms with Crippen LogP contribution in [0.3, 0.4) is 0 Å². The second-order valence-electron chi connectivity index (χ2n) is 7.28. The summed E-state index contributed by atoms with van der Waals surface area (Å²) >= 11 is 0. The Kier molecular flexibility index (Phi) is 4.90. The minimum atomic E-state index is -1.41. The summed E-state index contributed by atoms with van der Waals surface area (Å²) in [6.07, 6.45) is 2.69. The zero-order valence-electron chi connectivity index (χ0n) is 14.6. The standard InChI is InChI=1S/C18H19F2N3O3.ClH/c1-8-5-22(7-13(8)21)16-12(19)4-10-15(14(16)20)23(9-2-3-9)6-11(17(10)24)18(25)26;/h4,6,8-9,13H,2-3,5,7,21H2,1H3,(H,25,26);1H. The van der Waals surface area contributed by atoms with Crippen LogP contribution in [0.4, 0.5) is 14.5 Å². The average molecular weight is 400 g/mol. The van der Waals surface area contributed by atoms with Gasteiger partial charge in [-0.05, 0) is 24.8 Å². The Hall–Kier alpha value is -2.19. The fraction of sp³-hybridized carbons (Fsp3) is 0.444. The molecule has 1 saturated heterocycles. The first-order valence-corrected chi connectivity index (χ1v) is 8.60. The molecular weight excluding hydrogens is 380 g/mol. The molecule has 2 aromatic rings. The van der Waals surface area contributed by atoms with Crippen LogP contribution in [0.25, 0.3) is 10.9 Å². The summed E-state index contributed by atoms with van der Waals surface area (Å²) in [7, 11) is 0. The Morgan fingerprint density at radius 3 is 2.48 bits per heavy atom. The van der Waals surface area contributed by atoms with Crippen LogP contribution < -0.4 is 16.1 Å². The molecule has 1 saturated carbocycles. The number of hydrogen-bond donors (Lipinski definition) is 2. The number of carbonyl (C=O) groups is 1. The minimum absolute atomic E-state index is 0. The lowest BCUT2D eigenvalue weighted by atomic mass is 10.1. The molecule has 6 nitrogen and oxygen atoms in total. The quantitative estimate of drug-likeness (QED) is 0.828. The van der Waals surface area contributed by atoms with Crippen molar-refractivity contribution < 1.29 is 18.7 Å². The minimum Gasteiger partial charge on any atom is -0.477 e. The molecule has 0 spiro atoms. The smallest absolute Gasteiger partial charge is 0.341 e. The Bertz CT molecular complexity index is 980. The van der Waals surface area contributed by atoms with Gasteiger partial charge in [-0.3, -0.25) is 4.79 Å². The van der Waals surface area contributed by atoms with Crippen molar-refractivity contribution in [3.05, 3.63) is 39.7 Å². The van der Waals surface area contributed by atoms with Crippen LogP contribution in [0, 0.1) is 17.6 Å². The summed E-state index contributed by atoms with van der Waals surface area (Å²) in [5, 5.41) is 9.01. The van der Waals surface area contributed by atoms with Crippen molar-refractivity contribution in [2.75, 3.05) is 18.0 Å². The molecule has 1 aliphatic carbocycles. The number of hydrogen-bond acceptors (Lipinski definition) is 4. The predicted octanol–water partition coefficient (Wildman–Crippen LogP) is 2.52. The number of nitrogens with zero attached hydrogens (tertiary/aromatic N) is 2. The van der Waals surface area contributed by atoms with E-state index in [0.717, 1.165) is 18.9 Å². The van der Waals surface area contributed by atoms with Gasteiger partial charge in [0.1, 0.15) is 17.1 Å². The third kappa shape index (κ3) is 3.06. The van der Waals surface area contributed by atoms with E-state index in [1.165, 1.54) is 10.8 Å². The number of rotatable bonds is 3. The molecule has 3 N–H and O–H groups in total. The molecule has 2 fully saturated rings. The lowest BCUT2D eigenvalue weighted by Gasteiger charge is -2.22. The highest BCUT2D eigenvalue weighted by atomic mass is 35.5. The molecule has 2 atom stereocenters. The monoisotopic (exact) mass is 399 g/mol. The SMILES string of the molecule is CC1CN(c2c(F)cc3c(=O)c(C(=O)O)cn(C4CC4)c3c2F)CC1N.Cl. The number of aromatic nitrogens is 1. The molecule has 0 radical (unpaired) electrons. The number of benzene rings is 1. The maximum absolute atomic E-state index is 15.4. The number of carboxylic acid groups (broad SMARTS) is 1. The summed E-state index contributed by atoms with van der Waals surface area (Å²) in [5.74, 6) is -3.03. The van der Waals surface area contributed by atoms with Crippen molar-refractivity contribution in [3.8, 4) is 0 Å². The summed E-state index contributed by atoms with van der Waals surface area (Å²) < 4.78 is 31.6. The summed E-state index contributed by atoms with van der Waals surface area (Å²) in [6.45, 7) is 2.66. The van der Waals surface area contributed by atoms with E-state index >= 15 is 4.39 Å². The van der Waals surface area contributed by atoms with Gasteiger partial charge in [0.05, 0.1) is 10.9 Å². The van der Waals surface area contributed by atoms with Crippen molar-refractivity contribution in [1.82, 2.24) is 4.57 Å². The normalized spacial score (nSPS) is 22.1. The zero-order chi connectivity index (χ0) is 18.7. The van der Waals surface area contributed by atoms with E-state index in [-0.39, 0.29) is 47.0 Å². The predicted molar refractivity (Wildman–Crippen MR) is 100.0 cm³/mol. The first-order chi connectivity index (χ1) is 12.3. The van der Waals surface area contributed by atoms with Gasteiger partial charge in [0.2, 0.25) is 5.43 Å². The molecule has 4 rings (SSSR count). The lowest BCUT2D eigenvalue weighted by Crippen LogP contribution is -2.29. The second kappa shape index (κ2) is 6.76. The Morgan fingerprint density at radius 2 is 1.96 bits per heavy atom. The molecule has 9 heteroatoms. The van der Waals surface area contributed by atoms with E-state index in [0.29, 0.717) is 13.1 Å². The fourth-order valence-corrected chi connectivity index (χ4v) is 3.69. The van der Waals surface area contributed by atoms with Crippen molar-refractivity contribution >= 4 is 35.0 Å². The highest BCUT2D eigenvalue weighted by Crippen LogP contribution is 2.40. The van der Waals surface area contributed by atoms with Gasteiger partial charge in [-0.25, -0.2) is 13.6 Å². The summed E-state index contributed by atoms with van der Waals surface area (Å²) in [6, 6.07) is 0.684. The van der Waals surface area contributed by atoms with E-state index in [1.54, 1.807) is 4.90 Å². The van der Waals surface area contributed by atoms with E-state index < -0.39 is 28.6 Å². The molecule has 1 aliphatic heterocycles. The number of nitrogens with two attached hydrogens (primary N) is 1. The molecule has 2 aliphatic rings. The number of anilines is 1. The number of halogens is 3. The number of aromatic carboxylic acids is 1. The topological polar surface area (TPSA) is 88.6 Å². The molecule has 0 amide bonds. The molecule has 1 aromatic heterocycles. The Morgan fingerprint density at radius 1 is 1.30 bits per heavy atom. The Labute approximate surface area is 160 Å². The van der Waals surface area contributed by atoms with E-state index in [9.17, 15) is 19.1 Å². The third-order valence-corrected chi connectivity index (χ3v) is 5.34. The van der Waals surface area contributed by atoms with Crippen LogP contribution in [-0.2, 0) is 0 Å². The zero-order valence-corrected chi connectivity index (χ0v) is 15.4. The fourth-order valence-electron chi connectivity index (χ4n) is 3.69. The maximum Gasteiger partial charge on any atom is 0.341 e. The number of carboxylic acids is 1. The van der Waals surface area contributed by atoms with Gasteiger partial charge in [0, 0.05) is 31.4 Å². The molecule has 0 bridgehead atoms. The molecule has 146 valence electrons. The lowest BCUT2D eigenvalue weighted by molar-refractivity contribution is 0.0695. The first kappa shape index (κ1) is 19.6. The van der Waals surface area contributed by atoms with E-state index in [4.69, 9.17) is 5.73 Å². The van der Waals surface area contributed by atoms with Crippen molar-refractivity contribution in [3.63, 3.8) is 0 Å². The van der Waals surface area contributed by atoms with Gasteiger partial charge < -0.3 is 20.3 Å². The van der Waals surface area contributed by atoms with Crippen LogP contribution in [0.2, 0.25) is 0 Å². The van der Waals surface area contributed by atoms with E-state index in [1.807, 2.05) is 6.92 Å². The van der Waals surface area contributed by atoms with Crippen LogP contribution in [0.1, 0.15) is 36.2 Å².